The fourth-order valence-electron chi connectivity index (χ4n) is 1.61. The quantitative estimate of drug-likeness (QED) is 0.712. The largest absolute Gasteiger partial charge is 0.382 e. The van der Waals surface area contributed by atoms with E-state index < -0.39 is 0 Å². The number of ether oxygens (including phenoxy) is 2. The predicted octanol–water partition coefficient (Wildman–Crippen LogP) is 2.54. The molecule has 0 spiro atoms. The third-order valence-corrected chi connectivity index (χ3v) is 2.59. The van der Waals surface area contributed by atoms with E-state index in [-0.39, 0.29) is 18.5 Å². The molecule has 0 heterocycles. The summed E-state index contributed by atoms with van der Waals surface area (Å²) in [7, 11) is 1.62. The van der Waals surface area contributed by atoms with Crippen molar-refractivity contribution in [2.75, 3.05) is 20.3 Å². The standard InChI is InChI=1S/C14H20O3/c1-10-5-6-11(2)13(7-10)14(15)9-17-12(3)8-16-4/h5-7,12H,8-9H2,1-4H3. The first-order valence-corrected chi connectivity index (χ1v) is 5.75. The van der Waals surface area contributed by atoms with E-state index in [9.17, 15) is 4.79 Å². The Kier molecular flexibility index (Phi) is 5.32. The van der Waals surface area contributed by atoms with Crippen LogP contribution in [0.3, 0.4) is 0 Å². The molecular formula is C14H20O3. The first-order valence-electron chi connectivity index (χ1n) is 5.75. The van der Waals surface area contributed by atoms with Crippen molar-refractivity contribution in [2.45, 2.75) is 26.9 Å². The highest BCUT2D eigenvalue weighted by Gasteiger charge is 2.11. The van der Waals surface area contributed by atoms with Gasteiger partial charge in [0.25, 0.3) is 0 Å². The van der Waals surface area contributed by atoms with E-state index in [1.165, 1.54) is 0 Å². The third kappa shape index (κ3) is 4.29. The molecule has 0 aliphatic carbocycles. The summed E-state index contributed by atoms with van der Waals surface area (Å²) in [6, 6.07) is 5.86. The Morgan fingerprint density at radius 1 is 1.35 bits per heavy atom. The van der Waals surface area contributed by atoms with E-state index in [1.807, 2.05) is 39.0 Å². The van der Waals surface area contributed by atoms with Crippen molar-refractivity contribution in [2.24, 2.45) is 0 Å². The fraction of sp³-hybridized carbons (Fsp3) is 0.500. The molecule has 17 heavy (non-hydrogen) atoms. The molecule has 0 N–H and O–H groups in total. The number of rotatable bonds is 6. The van der Waals surface area contributed by atoms with Gasteiger partial charge in [0.1, 0.15) is 6.61 Å². The molecule has 0 amide bonds. The highest BCUT2D eigenvalue weighted by molar-refractivity contribution is 5.98. The van der Waals surface area contributed by atoms with Gasteiger partial charge in [0.2, 0.25) is 0 Å². The van der Waals surface area contributed by atoms with Crippen LogP contribution in [-0.4, -0.2) is 32.2 Å². The lowest BCUT2D eigenvalue weighted by Crippen LogP contribution is -2.20. The maximum Gasteiger partial charge on any atom is 0.188 e. The minimum absolute atomic E-state index is 0.0224. The number of carbonyl (C=O) groups is 1. The monoisotopic (exact) mass is 236 g/mol. The summed E-state index contributed by atoms with van der Waals surface area (Å²) >= 11 is 0. The summed E-state index contributed by atoms with van der Waals surface area (Å²) in [5.41, 5.74) is 2.82. The lowest BCUT2D eigenvalue weighted by atomic mass is 10.0. The summed E-state index contributed by atoms with van der Waals surface area (Å²) in [6.07, 6.45) is -0.0611. The Morgan fingerprint density at radius 2 is 2.06 bits per heavy atom. The number of carbonyl (C=O) groups excluding carboxylic acids is 1. The van der Waals surface area contributed by atoms with Gasteiger partial charge in [0.05, 0.1) is 12.7 Å². The second kappa shape index (κ2) is 6.52. The van der Waals surface area contributed by atoms with Crippen LogP contribution < -0.4 is 0 Å². The van der Waals surface area contributed by atoms with Gasteiger partial charge in [-0.2, -0.15) is 0 Å². The normalized spacial score (nSPS) is 12.5. The molecule has 1 aromatic carbocycles. The zero-order chi connectivity index (χ0) is 12.8. The van der Waals surface area contributed by atoms with Gasteiger partial charge in [-0.25, -0.2) is 0 Å². The molecule has 1 rings (SSSR count). The fourth-order valence-corrected chi connectivity index (χ4v) is 1.61. The molecular weight excluding hydrogens is 216 g/mol. The van der Waals surface area contributed by atoms with Crippen molar-refractivity contribution in [1.29, 1.82) is 0 Å². The Hall–Kier alpha value is -1.19. The number of ketones is 1. The Bertz CT molecular complexity index is 385. The van der Waals surface area contributed by atoms with E-state index in [1.54, 1.807) is 7.11 Å². The first kappa shape index (κ1) is 13.9. The van der Waals surface area contributed by atoms with Gasteiger partial charge in [-0.15, -0.1) is 0 Å². The summed E-state index contributed by atoms with van der Waals surface area (Å²) in [5.74, 6) is 0.0224. The average molecular weight is 236 g/mol. The number of benzene rings is 1. The van der Waals surface area contributed by atoms with Crippen LogP contribution in [0.25, 0.3) is 0 Å². The van der Waals surface area contributed by atoms with Gasteiger partial charge >= 0.3 is 0 Å². The van der Waals surface area contributed by atoms with Gasteiger partial charge in [-0.1, -0.05) is 17.7 Å². The van der Waals surface area contributed by atoms with Crippen molar-refractivity contribution in [3.63, 3.8) is 0 Å². The molecule has 1 aromatic rings. The molecule has 0 aliphatic heterocycles. The van der Waals surface area contributed by atoms with Gasteiger partial charge in [0, 0.05) is 12.7 Å². The predicted molar refractivity (Wildman–Crippen MR) is 67.5 cm³/mol. The van der Waals surface area contributed by atoms with E-state index in [0.717, 1.165) is 16.7 Å². The van der Waals surface area contributed by atoms with Crippen molar-refractivity contribution in [1.82, 2.24) is 0 Å². The molecule has 0 saturated carbocycles. The number of hydrogen-bond donors (Lipinski definition) is 0. The van der Waals surface area contributed by atoms with Crippen LogP contribution in [0.2, 0.25) is 0 Å². The Balaban J connectivity index is 2.61. The van der Waals surface area contributed by atoms with Crippen LogP contribution >= 0.6 is 0 Å². The van der Waals surface area contributed by atoms with Crippen LogP contribution in [0.15, 0.2) is 18.2 Å². The van der Waals surface area contributed by atoms with Crippen molar-refractivity contribution in [3.8, 4) is 0 Å². The summed E-state index contributed by atoms with van der Waals surface area (Å²) < 4.78 is 10.4. The number of aryl methyl sites for hydroxylation is 2. The third-order valence-electron chi connectivity index (χ3n) is 2.59. The van der Waals surface area contributed by atoms with Crippen molar-refractivity contribution < 1.29 is 14.3 Å². The number of hydrogen-bond acceptors (Lipinski definition) is 3. The molecule has 0 radical (unpaired) electrons. The lowest BCUT2D eigenvalue weighted by molar-refractivity contribution is 0.0125. The molecule has 94 valence electrons. The van der Waals surface area contributed by atoms with Gasteiger partial charge in [-0.05, 0) is 32.4 Å². The van der Waals surface area contributed by atoms with E-state index >= 15 is 0 Å². The van der Waals surface area contributed by atoms with Crippen LogP contribution in [0.4, 0.5) is 0 Å². The second-order valence-electron chi connectivity index (χ2n) is 4.32. The highest BCUT2D eigenvalue weighted by atomic mass is 16.5. The Morgan fingerprint density at radius 3 is 2.71 bits per heavy atom. The molecule has 1 unspecified atom stereocenters. The van der Waals surface area contributed by atoms with Crippen molar-refractivity contribution in [3.05, 3.63) is 34.9 Å². The maximum atomic E-state index is 12.0. The minimum atomic E-state index is -0.0611. The zero-order valence-corrected chi connectivity index (χ0v) is 10.9. The van der Waals surface area contributed by atoms with Crippen LogP contribution in [-0.2, 0) is 9.47 Å². The van der Waals surface area contributed by atoms with Crippen LogP contribution in [0, 0.1) is 13.8 Å². The molecule has 0 saturated heterocycles. The molecule has 0 aliphatic rings. The van der Waals surface area contributed by atoms with Crippen LogP contribution in [0.1, 0.15) is 28.4 Å². The van der Waals surface area contributed by atoms with E-state index in [0.29, 0.717) is 6.61 Å². The zero-order valence-electron chi connectivity index (χ0n) is 10.9. The molecule has 3 heteroatoms. The molecule has 0 bridgehead atoms. The van der Waals surface area contributed by atoms with Crippen LogP contribution in [0.5, 0.6) is 0 Å². The first-order chi connectivity index (χ1) is 8.04. The molecule has 1 atom stereocenters. The smallest absolute Gasteiger partial charge is 0.188 e. The SMILES string of the molecule is COCC(C)OCC(=O)c1cc(C)ccc1C. The van der Waals surface area contributed by atoms with Gasteiger partial charge < -0.3 is 9.47 Å². The molecule has 0 aromatic heterocycles. The summed E-state index contributed by atoms with van der Waals surface area (Å²) in [6.45, 7) is 6.41. The second-order valence-corrected chi connectivity index (χ2v) is 4.32. The van der Waals surface area contributed by atoms with Gasteiger partial charge in [-0.3, -0.25) is 4.79 Å². The molecule has 3 nitrogen and oxygen atoms in total. The maximum absolute atomic E-state index is 12.0. The average Bonchev–Trinajstić information content (AvgIpc) is 2.29. The summed E-state index contributed by atoms with van der Waals surface area (Å²) in [4.78, 5) is 12.0. The Labute approximate surface area is 103 Å². The lowest BCUT2D eigenvalue weighted by Gasteiger charge is -2.12. The highest BCUT2D eigenvalue weighted by Crippen LogP contribution is 2.11. The summed E-state index contributed by atoms with van der Waals surface area (Å²) in [5, 5.41) is 0. The van der Waals surface area contributed by atoms with Crippen molar-refractivity contribution >= 4 is 5.78 Å². The topological polar surface area (TPSA) is 35.5 Å². The minimum Gasteiger partial charge on any atom is -0.382 e. The molecule has 0 fully saturated rings. The number of Topliss-reactive ketones (excluding diaryl/α,β-unsaturated/α-hetero) is 1. The van der Waals surface area contributed by atoms with E-state index in [4.69, 9.17) is 9.47 Å². The number of methoxy groups -OCH3 is 1. The van der Waals surface area contributed by atoms with Gasteiger partial charge in [0.15, 0.2) is 5.78 Å². The van der Waals surface area contributed by atoms with E-state index in [2.05, 4.69) is 0 Å².